The molecule has 5 nitrogen and oxygen atoms in total. The van der Waals surface area contributed by atoms with Gasteiger partial charge in [-0.1, -0.05) is 6.07 Å². The van der Waals surface area contributed by atoms with Crippen LogP contribution in [0.2, 0.25) is 0 Å². The maximum atomic E-state index is 11.9. The minimum absolute atomic E-state index is 0.0437. The van der Waals surface area contributed by atoms with Gasteiger partial charge in [0.05, 0.1) is 4.47 Å². The molecule has 2 rings (SSSR count). The molecular weight excluding hydrogens is 342 g/mol. The molecular formula is C13H8BrN3O2S. The van der Waals surface area contributed by atoms with Gasteiger partial charge in [0, 0.05) is 11.6 Å². The number of hydrogen-bond donors (Lipinski definition) is 2. The molecule has 0 aliphatic heterocycles. The molecule has 0 spiro atoms. The Morgan fingerprint density at radius 3 is 2.95 bits per heavy atom. The average Bonchev–Trinajstić information content (AvgIpc) is 2.92. The highest BCUT2D eigenvalue weighted by molar-refractivity contribution is 9.10. The number of amides is 1. The van der Waals surface area contributed by atoms with Crippen LogP contribution in [0.25, 0.3) is 6.08 Å². The lowest BCUT2D eigenvalue weighted by atomic mass is 10.1. The van der Waals surface area contributed by atoms with Crippen molar-refractivity contribution in [2.45, 2.75) is 0 Å². The van der Waals surface area contributed by atoms with E-state index in [4.69, 9.17) is 5.26 Å². The zero-order chi connectivity index (χ0) is 14.5. The van der Waals surface area contributed by atoms with Crippen LogP contribution >= 0.6 is 27.3 Å². The summed E-state index contributed by atoms with van der Waals surface area (Å²) in [4.78, 5) is 15.8. The molecule has 0 saturated heterocycles. The number of phenols is 1. The molecule has 1 aromatic carbocycles. The Kier molecular flexibility index (Phi) is 4.50. The van der Waals surface area contributed by atoms with Crippen molar-refractivity contribution in [2.24, 2.45) is 0 Å². The van der Waals surface area contributed by atoms with Crippen LogP contribution in [0.4, 0.5) is 5.13 Å². The quantitative estimate of drug-likeness (QED) is 0.658. The standard InChI is InChI=1S/C13H8BrN3O2S/c14-10-6-8(1-2-11(10)18)5-9(7-15)12(19)17-13-16-3-4-20-13/h1-6,18H,(H,16,17,19)/b9-5+. The maximum Gasteiger partial charge on any atom is 0.268 e. The maximum absolute atomic E-state index is 11.9. The van der Waals surface area contributed by atoms with Crippen LogP contribution in [0, 0.1) is 11.3 Å². The highest BCUT2D eigenvalue weighted by Crippen LogP contribution is 2.25. The van der Waals surface area contributed by atoms with E-state index in [-0.39, 0.29) is 11.3 Å². The van der Waals surface area contributed by atoms with Crippen LogP contribution in [-0.4, -0.2) is 16.0 Å². The largest absolute Gasteiger partial charge is 0.507 e. The molecule has 0 radical (unpaired) electrons. The first-order valence-corrected chi connectivity index (χ1v) is 7.08. The summed E-state index contributed by atoms with van der Waals surface area (Å²) in [5.74, 6) is -0.431. The third-order valence-corrected chi connectivity index (χ3v) is 3.62. The molecule has 0 unspecified atom stereocenters. The van der Waals surface area contributed by atoms with E-state index in [9.17, 15) is 9.90 Å². The van der Waals surface area contributed by atoms with Gasteiger partial charge in [-0.2, -0.15) is 5.26 Å². The molecule has 1 amide bonds. The van der Waals surface area contributed by atoms with Crippen LogP contribution in [-0.2, 0) is 4.79 Å². The molecule has 0 atom stereocenters. The van der Waals surface area contributed by atoms with E-state index in [0.29, 0.717) is 15.2 Å². The number of halogens is 1. The van der Waals surface area contributed by atoms with E-state index in [1.807, 2.05) is 6.07 Å². The molecule has 0 bridgehead atoms. The highest BCUT2D eigenvalue weighted by Gasteiger charge is 2.11. The van der Waals surface area contributed by atoms with E-state index in [1.54, 1.807) is 23.7 Å². The van der Waals surface area contributed by atoms with Crippen LogP contribution in [0.15, 0.2) is 39.8 Å². The van der Waals surface area contributed by atoms with Gasteiger partial charge in [0.2, 0.25) is 0 Å². The summed E-state index contributed by atoms with van der Waals surface area (Å²) >= 11 is 4.44. The minimum atomic E-state index is -0.522. The van der Waals surface area contributed by atoms with Gasteiger partial charge in [-0.15, -0.1) is 11.3 Å². The predicted octanol–water partition coefficient (Wildman–Crippen LogP) is 3.16. The number of nitrogens with one attached hydrogen (secondary N) is 1. The number of aromatic nitrogens is 1. The molecule has 0 aliphatic rings. The van der Waals surface area contributed by atoms with Crippen molar-refractivity contribution in [2.75, 3.05) is 5.32 Å². The predicted molar refractivity (Wildman–Crippen MR) is 80.1 cm³/mol. The molecule has 0 fully saturated rings. The molecule has 1 heterocycles. The summed E-state index contributed by atoms with van der Waals surface area (Å²) in [7, 11) is 0. The van der Waals surface area contributed by atoms with Crippen molar-refractivity contribution >= 4 is 44.4 Å². The Labute approximate surface area is 127 Å². The third-order valence-electron chi connectivity index (χ3n) is 2.30. The summed E-state index contributed by atoms with van der Waals surface area (Å²) in [5, 5.41) is 23.1. The molecule has 0 saturated carbocycles. The van der Waals surface area contributed by atoms with E-state index >= 15 is 0 Å². The Hall–Kier alpha value is -2.17. The molecule has 7 heteroatoms. The molecule has 2 N–H and O–H groups in total. The number of hydrogen-bond acceptors (Lipinski definition) is 5. The second-order valence-corrected chi connectivity index (χ2v) is 5.42. The first-order chi connectivity index (χ1) is 9.60. The van der Waals surface area contributed by atoms with Gasteiger partial charge in [-0.05, 0) is 39.7 Å². The third kappa shape index (κ3) is 3.44. The van der Waals surface area contributed by atoms with Gasteiger partial charge in [0.25, 0.3) is 5.91 Å². The van der Waals surface area contributed by atoms with Crippen molar-refractivity contribution in [3.8, 4) is 11.8 Å². The summed E-state index contributed by atoms with van der Waals surface area (Å²) in [6, 6.07) is 6.54. The van der Waals surface area contributed by atoms with Crippen molar-refractivity contribution in [3.63, 3.8) is 0 Å². The number of carbonyl (C=O) groups is 1. The van der Waals surface area contributed by atoms with Crippen LogP contribution in [0.3, 0.4) is 0 Å². The fourth-order valence-electron chi connectivity index (χ4n) is 1.38. The average molecular weight is 350 g/mol. The number of nitriles is 1. The van der Waals surface area contributed by atoms with Crippen LogP contribution in [0.1, 0.15) is 5.56 Å². The number of nitrogens with zero attached hydrogens (tertiary/aromatic N) is 2. The number of rotatable bonds is 3. The number of thiazole rings is 1. The summed E-state index contributed by atoms with van der Waals surface area (Å²) < 4.78 is 0.490. The van der Waals surface area contributed by atoms with Gasteiger partial charge in [-0.25, -0.2) is 4.98 Å². The van der Waals surface area contributed by atoms with E-state index in [2.05, 4.69) is 26.2 Å². The molecule has 100 valence electrons. The molecule has 20 heavy (non-hydrogen) atoms. The molecule has 0 aliphatic carbocycles. The molecule has 2 aromatic rings. The monoisotopic (exact) mass is 349 g/mol. The fraction of sp³-hybridized carbons (Fsp3) is 0. The van der Waals surface area contributed by atoms with Gasteiger partial charge in [0.1, 0.15) is 17.4 Å². The summed E-state index contributed by atoms with van der Waals surface area (Å²) in [6.07, 6.45) is 3.00. The summed E-state index contributed by atoms with van der Waals surface area (Å²) in [5.41, 5.74) is 0.582. The van der Waals surface area contributed by atoms with Gasteiger partial charge in [0.15, 0.2) is 5.13 Å². The van der Waals surface area contributed by atoms with Crippen molar-refractivity contribution in [1.82, 2.24) is 4.98 Å². The van der Waals surface area contributed by atoms with Crippen molar-refractivity contribution in [1.29, 1.82) is 5.26 Å². The van der Waals surface area contributed by atoms with Crippen molar-refractivity contribution < 1.29 is 9.90 Å². The van der Waals surface area contributed by atoms with Crippen LogP contribution < -0.4 is 5.32 Å². The van der Waals surface area contributed by atoms with E-state index in [1.165, 1.54) is 23.5 Å². The number of phenolic OH excluding ortho intramolecular Hbond substituents is 1. The number of aromatic hydroxyl groups is 1. The zero-order valence-corrected chi connectivity index (χ0v) is 12.4. The number of anilines is 1. The highest BCUT2D eigenvalue weighted by atomic mass is 79.9. The normalized spacial score (nSPS) is 10.9. The smallest absolute Gasteiger partial charge is 0.268 e. The van der Waals surface area contributed by atoms with E-state index < -0.39 is 5.91 Å². The Morgan fingerprint density at radius 2 is 2.35 bits per heavy atom. The van der Waals surface area contributed by atoms with Gasteiger partial charge < -0.3 is 5.11 Å². The molecule has 1 aromatic heterocycles. The first kappa shape index (κ1) is 14.2. The first-order valence-electron chi connectivity index (χ1n) is 5.41. The topological polar surface area (TPSA) is 86.0 Å². The van der Waals surface area contributed by atoms with Gasteiger partial charge >= 0.3 is 0 Å². The summed E-state index contributed by atoms with van der Waals surface area (Å²) in [6.45, 7) is 0. The Balaban J connectivity index is 2.22. The zero-order valence-electron chi connectivity index (χ0n) is 10.0. The van der Waals surface area contributed by atoms with Crippen LogP contribution in [0.5, 0.6) is 5.75 Å². The van der Waals surface area contributed by atoms with E-state index in [0.717, 1.165) is 0 Å². The van der Waals surface area contributed by atoms with Gasteiger partial charge in [-0.3, -0.25) is 10.1 Å². The van der Waals surface area contributed by atoms with Crippen molar-refractivity contribution in [3.05, 3.63) is 45.4 Å². The lowest BCUT2D eigenvalue weighted by Crippen LogP contribution is -2.13. The second-order valence-electron chi connectivity index (χ2n) is 3.67. The second kappa shape index (κ2) is 6.32. The number of benzene rings is 1. The Bertz CT molecular complexity index is 705. The lowest BCUT2D eigenvalue weighted by Gasteiger charge is -2.01. The Morgan fingerprint density at radius 1 is 1.55 bits per heavy atom. The fourth-order valence-corrected chi connectivity index (χ4v) is 2.30. The number of carbonyl (C=O) groups excluding carboxylic acids is 1. The minimum Gasteiger partial charge on any atom is -0.507 e. The SMILES string of the molecule is N#C/C(=C\c1ccc(O)c(Br)c1)C(=O)Nc1nccs1. The lowest BCUT2D eigenvalue weighted by molar-refractivity contribution is -0.112.